The van der Waals surface area contributed by atoms with Crippen molar-refractivity contribution < 1.29 is 9.53 Å². The molecule has 0 radical (unpaired) electrons. The number of hydrogen-bond donors (Lipinski definition) is 2. The van der Waals surface area contributed by atoms with Gasteiger partial charge in [0.15, 0.2) is 5.78 Å². The van der Waals surface area contributed by atoms with Crippen LogP contribution in [0.4, 0.5) is 0 Å². The quantitative estimate of drug-likeness (QED) is 0.803. The molecule has 2 unspecified atom stereocenters. The summed E-state index contributed by atoms with van der Waals surface area (Å²) in [5, 5.41) is 3.17. The molecule has 0 saturated heterocycles. The van der Waals surface area contributed by atoms with Gasteiger partial charge in [-0.2, -0.15) is 0 Å². The fraction of sp³-hybridized carbons (Fsp3) is 0.458. The summed E-state index contributed by atoms with van der Waals surface area (Å²) in [6, 6.07) is 12.8. The molecule has 2 aromatic carbocycles. The number of nitrogens with one attached hydrogen (secondary N) is 1. The highest BCUT2D eigenvalue weighted by Gasteiger charge is 2.23. The number of Topliss-reactive ketones (excluding diaryl/α,β-unsaturated/α-hetero) is 1. The van der Waals surface area contributed by atoms with E-state index in [0.29, 0.717) is 12.5 Å². The van der Waals surface area contributed by atoms with Gasteiger partial charge < -0.3 is 15.8 Å². The molecule has 0 fully saturated rings. The van der Waals surface area contributed by atoms with Gasteiger partial charge in [-0.15, -0.1) is 0 Å². The summed E-state index contributed by atoms with van der Waals surface area (Å²) in [7, 11) is 1.76. The van der Waals surface area contributed by atoms with Crippen molar-refractivity contribution in [2.75, 3.05) is 13.7 Å². The van der Waals surface area contributed by atoms with Crippen LogP contribution in [0.1, 0.15) is 64.2 Å². The molecule has 0 amide bonds. The fourth-order valence-corrected chi connectivity index (χ4v) is 4.82. The molecular weight excluding hydrogens is 348 g/mol. The largest absolute Gasteiger partial charge is 0.496 e. The summed E-state index contributed by atoms with van der Waals surface area (Å²) in [4.78, 5) is 11.9. The molecule has 0 spiro atoms. The van der Waals surface area contributed by atoms with Crippen molar-refractivity contribution in [2.45, 2.75) is 57.0 Å². The van der Waals surface area contributed by atoms with Crippen molar-refractivity contribution in [1.29, 1.82) is 0 Å². The van der Waals surface area contributed by atoms with Gasteiger partial charge in [0.05, 0.1) is 13.7 Å². The zero-order valence-corrected chi connectivity index (χ0v) is 16.7. The molecule has 4 heteroatoms. The summed E-state index contributed by atoms with van der Waals surface area (Å²) in [6.07, 6.45) is 6.56. The standard InChI is InChI=1S/C24H30N2O2/c1-28-24-7-3-5-20-17(4-2-6-22(20)24)9-10-19(25)13-16-8-11-21-18(12-16)14-26-15-23(21)27/h3,5,7-8,11-12,17,19,26H,2,4,6,9-10,13-15,25H2,1H3. The lowest BCUT2D eigenvalue weighted by molar-refractivity contribution is 0.0982. The van der Waals surface area contributed by atoms with E-state index in [1.807, 2.05) is 6.07 Å². The van der Waals surface area contributed by atoms with Gasteiger partial charge in [0.2, 0.25) is 0 Å². The third-order valence-corrected chi connectivity index (χ3v) is 6.26. The van der Waals surface area contributed by atoms with Crippen LogP contribution >= 0.6 is 0 Å². The van der Waals surface area contributed by atoms with Crippen molar-refractivity contribution in [3.8, 4) is 5.75 Å². The Morgan fingerprint density at radius 3 is 3.00 bits per heavy atom. The number of benzene rings is 2. The molecule has 1 aliphatic carbocycles. The Kier molecular flexibility index (Phi) is 5.79. The van der Waals surface area contributed by atoms with E-state index in [0.717, 1.165) is 49.1 Å². The molecule has 0 saturated carbocycles. The third kappa shape index (κ3) is 3.98. The van der Waals surface area contributed by atoms with E-state index >= 15 is 0 Å². The monoisotopic (exact) mass is 378 g/mol. The van der Waals surface area contributed by atoms with Crippen LogP contribution in [0.2, 0.25) is 0 Å². The molecule has 2 aliphatic rings. The van der Waals surface area contributed by atoms with Crippen LogP contribution in [0.5, 0.6) is 5.75 Å². The SMILES string of the molecule is COc1cccc2c1CCCC2CCC(N)Cc1ccc2c(c1)CNCC2=O. The van der Waals surface area contributed by atoms with E-state index in [4.69, 9.17) is 10.5 Å². The fourth-order valence-electron chi connectivity index (χ4n) is 4.82. The Morgan fingerprint density at radius 1 is 1.25 bits per heavy atom. The first kappa shape index (κ1) is 19.2. The molecule has 4 rings (SSSR count). The molecular formula is C24H30N2O2. The van der Waals surface area contributed by atoms with Crippen LogP contribution in [0.25, 0.3) is 0 Å². The van der Waals surface area contributed by atoms with Gasteiger partial charge >= 0.3 is 0 Å². The van der Waals surface area contributed by atoms with Crippen molar-refractivity contribution in [3.05, 3.63) is 64.2 Å². The number of nitrogens with two attached hydrogens (primary N) is 1. The van der Waals surface area contributed by atoms with Crippen molar-refractivity contribution in [3.63, 3.8) is 0 Å². The average molecular weight is 379 g/mol. The maximum atomic E-state index is 11.9. The van der Waals surface area contributed by atoms with Crippen LogP contribution in [-0.4, -0.2) is 25.5 Å². The normalized spacial score (nSPS) is 19.6. The number of carbonyl (C=O) groups is 1. The molecule has 2 aromatic rings. The molecule has 2 atom stereocenters. The second-order valence-corrected chi connectivity index (χ2v) is 8.18. The molecule has 1 aliphatic heterocycles. The molecule has 0 bridgehead atoms. The summed E-state index contributed by atoms with van der Waals surface area (Å²) < 4.78 is 5.56. The summed E-state index contributed by atoms with van der Waals surface area (Å²) in [5.41, 5.74) is 12.5. The highest BCUT2D eigenvalue weighted by atomic mass is 16.5. The molecule has 1 heterocycles. The topological polar surface area (TPSA) is 64.3 Å². The zero-order chi connectivity index (χ0) is 19.5. The molecule has 0 aromatic heterocycles. The van der Waals surface area contributed by atoms with E-state index in [1.165, 1.54) is 29.5 Å². The Morgan fingerprint density at radius 2 is 2.14 bits per heavy atom. The first-order valence-electron chi connectivity index (χ1n) is 10.4. The Hall–Kier alpha value is -2.17. The predicted octanol–water partition coefficient (Wildman–Crippen LogP) is 3.75. The second-order valence-electron chi connectivity index (χ2n) is 8.18. The number of carbonyl (C=O) groups excluding carboxylic acids is 1. The van der Waals surface area contributed by atoms with Crippen molar-refractivity contribution in [1.82, 2.24) is 5.32 Å². The first-order valence-corrected chi connectivity index (χ1v) is 10.4. The Bertz CT molecular complexity index is 862. The van der Waals surface area contributed by atoms with Gasteiger partial charge in [0.1, 0.15) is 5.75 Å². The average Bonchev–Trinajstić information content (AvgIpc) is 2.72. The van der Waals surface area contributed by atoms with Crippen LogP contribution in [0, 0.1) is 0 Å². The second kappa shape index (κ2) is 8.46. The Balaban J connectivity index is 1.38. The number of fused-ring (bicyclic) bond motifs is 2. The maximum Gasteiger partial charge on any atom is 0.176 e. The van der Waals surface area contributed by atoms with Crippen LogP contribution in [-0.2, 0) is 19.4 Å². The van der Waals surface area contributed by atoms with Crippen LogP contribution < -0.4 is 15.8 Å². The highest BCUT2D eigenvalue weighted by molar-refractivity contribution is 5.99. The van der Waals surface area contributed by atoms with E-state index < -0.39 is 0 Å². The van der Waals surface area contributed by atoms with Gasteiger partial charge in [0.25, 0.3) is 0 Å². The summed E-state index contributed by atoms with van der Waals surface area (Å²) in [6.45, 7) is 1.21. The van der Waals surface area contributed by atoms with Gasteiger partial charge in [-0.25, -0.2) is 0 Å². The first-order chi connectivity index (χ1) is 13.7. The van der Waals surface area contributed by atoms with Gasteiger partial charge in [-0.05, 0) is 72.8 Å². The lowest BCUT2D eigenvalue weighted by Crippen LogP contribution is -2.30. The molecule has 148 valence electrons. The number of rotatable bonds is 6. The van der Waals surface area contributed by atoms with E-state index in [9.17, 15) is 4.79 Å². The van der Waals surface area contributed by atoms with Gasteiger partial charge in [-0.1, -0.05) is 30.3 Å². The smallest absolute Gasteiger partial charge is 0.176 e. The van der Waals surface area contributed by atoms with Gasteiger partial charge in [0, 0.05) is 18.2 Å². The third-order valence-electron chi connectivity index (χ3n) is 6.26. The minimum Gasteiger partial charge on any atom is -0.496 e. The zero-order valence-electron chi connectivity index (χ0n) is 16.7. The number of hydrogen-bond acceptors (Lipinski definition) is 4. The van der Waals surface area contributed by atoms with Crippen LogP contribution in [0.15, 0.2) is 36.4 Å². The number of ether oxygens (including phenoxy) is 1. The van der Waals surface area contributed by atoms with E-state index in [-0.39, 0.29) is 11.8 Å². The summed E-state index contributed by atoms with van der Waals surface area (Å²) >= 11 is 0. The molecule has 28 heavy (non-hydrogen) atoms. The lowest BCUT2D eigenvalue weighted by atomic mass is 9.79. The number of ketones is 1. The summed E-state index contributed by atoms with van der Waals surface area (Å²) in [5.74, 6) is 1.79. The minimum atomic E-state index is 0.140. The van der Waals surface area contributed by atoms with Gasteiger partial charge in [-0.3, -0.25) is 4.79 Å². The Labute approximate surface area is 167 Å². The van der Waals surface area contributed by atoms with Crippen LogP contribution in [0.3, 0.4) is 0 Å². The van der Waals surface area contributed by atoms with Crippen molar-refractivity contribution >= 4 is 5.78 Å². The minimum absolute atomic E-state index is 0.140. The van der Waals surface area contributed by atoms with Crippen molar-refractivity contribution in [2.24, 2.45) is 5.73 Å². The maximum absolute atomic E-state index is 11.9. The van der Waals surface area contributed by atoms with E-state index in [2.05, 4.69) is 35.6 Å². The molecule has 3 N–H and O–H groups in total. The highest BCUT2D eigenvalue weighted by Crippen LogP contribution is 2.39. The molecule has 4 nitrogen and oxygen atoms in total. The predicted molar refractivity (Wildman–Crippen MR) is 112 cm³/mol. The lowest BCUT2D eigenvalue weighted by Gasteiger charge is -2.28. The number of methoxy groups -OCH3 is 1. The van der Waals surface area contributed by atoms with E-state index in [1.54, 1.807) is 7.11 Å².